The minimum absolute atomic E-state index is 0. The molecule has 0 aromatic heterocycles. The van der Waals surface area contributed by atoms with Crippen molar-refractivity contribution < 1.29 is 19.8 Å². The molecule has 0 rings (SSSR count). The second kappa shape index (κ2) is 4.11. The summed E-state index contributed by atoms with van der Waals surface area (Å²) in [6.45, 7) is 0. The van der Waals surface area contributed by atoms with E-state index in [1.807, 2.05) is 0 Å². The molecule has 0 spiro atoms. The van der Waals surface area contributed by atoms with Crippen molar-refractivity contribution in [1.29, 1.82) is 0 Å². The van der Waals surface area contributed by atoms with Crippen LogP contribution in [-0.2, 0) is 10.0 Å². The third kappa shape index (κ3) is 1510. The van der Waals surface area contributed by atoms with Crippen molar-refractivity contribution >= 4 is 8.25 Å². The van der Waals surface area contributed by atoms with E-state index in [1.165, 1.54) is 0 Å². The van der Waals surface area contributed by atoms with Crippen molar-refractivity contribution in [1.82, 2.24) is 0 Å². The van der Waals surface area contributed by atoms with Crippen molar-refractivity contribution in [2.45, 2.75) is 0 Å². The van der Waals surface area contributed by atoms with Crippen molar-refractivity contribution in [2.75, 3.05) is 0 Å². The average molecular weight is 96.0 g/mol. The topological polar surface area (TPSA) is 91.7 Å². The van der Waals surface area contributed by atoms with Crippen LogP contribution in [-0.4, -0.2) is 0 Å². The van der Waals surface area contributed by atoms with E-state index >= 15 is 0 Å². The fourth-order valence-electron chi connectivity index (χ4n) is 0. The van der Waals surface area contributed by atoms with Gasteiger partial charge in [-0.2, -0.15) is 0 Å². The summed E-state index contributed by atoms with van der Waals surface area (Å²) >= 11 is 0. The summed E-state index contributed by atoms with van der Waals surface area (Å²) < 4.78 is 8.52. The molecule has 0 heterocycles. The maximum atomic E-state index is 8.52. The van der Waals surface area contributed by atoms with Gasteiger partial charge in [0.05, 0.1) is 0 Å². The molecule has 5 heteroatoms. The van der Waals surface area contributed by atoms with Crippen LogP contribution in [0.1, 0.15) is 0 Å². The Bertz CT molecular complexity index is 26.6. The minimum atomic E-state index is -3.63. The molecular formula is HO4P. The lowest BCUT2D eigenvalue weighted by atomic mass is 15.8. The van der Waals surface area contributed by atoms with Crippen molar-refractivity contribution in [3.05, 3.63) is 0 Å². The molecule has 4 radical (unpaired) electrons. The molecule has 0 aliphatic heterocycles. The molecule has 0 atom stereocenters. The normalized spacial score (nSPS) is 7.00. The highest BCUT2D eigenvalue weighted by Crippen LogP contribution is 1.79. The Morgan fingerprint density at radius 3 is 1.40 bits per heavy atom. The van der Waals surface area contributed by atoms with Crippen molar-refractivity contribution in [2.24, 2.45) is 0 Å². The van der Waals surface area contributed by atoms with E-state index in [0.717, 1.165) is 0 Å². The van der Waals surface area contributed by atoms with Gasteiger partial charge in [-0.3, -0.25) is 0 Å². The molecule has 4 nitrogen and oxygen atoms in total. The van der Waals surface area contributed by atoms with Crippen LogP contribution < -0.4 is 9.79 Å². The van der Waals surface area contributed by atoms with Crippen LogP contribution in [0.5, 0.6) is 0 Å². The van der Waals surface area contributed by atoms with E-state index in [4.69, 9.17) is 14.4 Å². The van der Waals surface area contributed by atoms with Gasteiger partial charge in [0, 0.05) is 0 Å². The first-order chi connectivity index (χ1) is 1.73. The number of hydrogen-bond donors (Lipinski definition) is 0. The van der Waals surface area contributed by atoms with E-state index in [2.05, 4.69) is 0 Å². The van der Waals surface area contributed by atoms with E-state index in [9.17, 15) is 0 Å². The Kier molecular flexibility index (Phi) is 7.34. The third-order valence-corrected chi connectivity index (χ3v) is 0. The summed E-state index contributed by atoms with van der Waals surface area (Å²) in [5.74, 6) is 0. The molecule has 0 aromatic carbocycles. The SMILES string of the molecule is O=[PH]([O-])[O-].[O+2]. The molecule has 0 fully saturated rings. The van der Waals surface area contributed by atoms with Gasteiger partial charge in [0.2, 0.25) is 0 Å². The Morgan fingerprint density at radius 1 is 1.40 bits per heavy atom. The van der Waals surface area contributed by atoms with Gasteiger partial charge < -0.3 is 14.4 Å². The quantitative estimate of drug-likeness (QED) is 0.326. The van der Waals surface area contributed by atoms with E-state index in [1.54, 1.807) is 0 Å². The van der Waals surface area contributed by atoms with Gasteiger partial charge in [0.25, 0.3) is 0 Å². The molecule has 0 aromatic rings. The molecule has 0 aliphatic rings. The number of rotatable bonds is 0. The summed E-state index contributed by atoms with van der Waals surface area (Å²) in [6.07, 6.45) is 0. The fourth-order valence-corrected chi connectivity index (χ4v) is 0. The molecule has 0 N–H and O–H groups in total. The maximum absolute atomic E-state index is 8.52. The minimum Gasteiger partial charge on any atom is -0.813 e. The average Bonchev–Trinajstić information content (AvgIpc) is 0.811. The molecular weight excluding hydrogens is 95.0 g/mol. The zero-order valence-corrected chi connectivity index (χ0v) is 3.13. The van der Waals surface area contributed by atoms with Crippen LogP contribution in [0.25, 0.3) is 0 Å². The van der Waals surface area contributed by atoms with Crippen molar-refractivity contribution in [3.8, 4) is 0 Å². The summed E-state index contributed by atoms with van der Waals surface area (Å²) in [4.78, 5) is 17.0. The lowest BCUT2D eigenvalue weighted by Gasteiger charge is -2.03. The van der Waals surface area contributed by atoms with E-state index < -0.39 is 8.25 Å². The predicted molar refractivity (Wildman–Crippen MR) is 9.69 cm³/mol. The van der Waals surface area contributed by atoms with Gasteiger partial charge in [-0.05, 0) is 0 Å². The molecule has 0 amide bonds. The van der Waals surface area contributed by atoms with Crippen molar-refractivity contribution in [3.63, 3.8) is 0 Å². The first-order valence-electron chi connectivity index (χ1n) is 0.612. The molecule has 0 saturated heterocycles. The van der Waals surface area contributed by atoms with Crippen LogP contribution in [0.4, 0.5) is 0 Å². The summed E-state index contributed by atoms with van der Waals surface area (Å²) in [6, 6.07) is 0. The lowest BCUT2D eigenvalue weighted by Crippen LogP contribution is -1.97. The zero-order valence-electron chi connectivity index (χ0n) is 2.13. The zero-order chi connectivity index (χ0) is 3.58. The highest BCUT2D eigenvalue weighted by atomic mass is 31.1. The summed E-state index contributed by atoms with van der Waals surface area (Å²) in [5.41, 5.74) is 0. The molecule has 0 unspecified atom stereocenters. The molecule has 5 heavy (non-hydrogen) atoms. The maximum Gasteiger partial charge on any atom is 2.00 e. The third-order valence-electron chi connectivity index (χ3n) is 0. The predicted octanol–water partition coefficient (Wildman–Crippen LogP) is -2.02. The lowest BCUT2D eigenvalue weighted by molar-refractivity contribution is -0.297. The standard InChI is InChI=1S/H3O3P.O/c1-4(2)3;/h4H,(H2,1,2,3);/q;+2/p-2. The van der Waals surface area contributed by atoms with Gasteiger partial charge in [0.15, 0.2) is 0 Å². The largest absolute Gasteiger partial charge is 2.00 e. The van der Waals surface area contributed by atoms with E-state index in [-0.39, 0.29) is 5.48 Å². The van der Waals surface area contributed by atoms with Crippen LogP contribution in [0.2, 0.25) is 0 Å². The van der Waals surface area contributed by atoms with Gasteiger partial charge in [-0.1, -0.05) is 8.25 Å². The first kappa shape index (κ1) is 8.92. The number of hydrogen-bond acceptors (Lipinski definition) is 3. The van der Waals surface area contributed by atoms with E-state index in [0.29, 0.717) is 0 Å². The van der Waals surface area contributed by atoms with Crippen LogP contribution in [0.15, 0.2) is 0 Å². The Balaban J connectivity index is 0. The van der Waals surface area contributed by atoms with Crippen LogP contribution in [0.3, 0.4) is 0 Å². The van der Waals surface area contributed by atoms with Gasteiger partial charge >= 0.3 is 5.48 Å². The van der Waals surface area contributed by atoms with Crippen LogP contribution >= 0.6 is 8.25 Å². The molecule has 0 bridgehead atoms. The second-order valence-electron chi connectivity index (χ2n) is 0.250. The second-order valence-corrected chi connectivity index (χ2v) is 0.750. The molecule has 0 aliphatic carbocycles. The molecule has 0 saturated carbocycles. The van der Waals surface area contributed by atoms with Gasteiger partial charge in [-0.25, -0.2) is 0 Å². The van der Waals surface area contributed by atoms with Gasteiger partial charge in [-0.15, -0.1) is 0 Å². The smallest absolute Gasteiger partial charge is 0.813 e. The van der Waals surface area contributed by atoms with Crippen LogP contribution in [0, 0.1) is 0 Å². The Hall–Kier alpha value is 0.110. The summed E-state index contributed by atoms with van der Waals surface area (Å²) in [5, 5.41) is 0. The van der Waals surface area contributed by atoms with Gasteiger partial charge in [0.1, 0.15) is 0 Å². The highest BCUT2D eigenvalue weighted by Gasteiger charge is 2.00. The highest BCUT2D eigenvalue weighted by molar-refractivity contribution is 7.27. The fraction of sp³-hybridized carbons (Fsp3) is 0. The Labute approximate surface area is 29.3 Å². The Morgan fingerprint density at radius 2 is 1.40 bits per heavy atom. The molecule has 30 valence electrons. The monoisotopic (exact) mass is 96.0 g/mol. The summed E-state index contributed by atoms with van der Waals surface area (Å²) in [7, 11) is -3.63. The first-order valence-corrected chi connectivity index (χ1v) is 1.84.